The van der Waals surface area contributed by atoms with Gasteiger partial charge in [0.25, 0.3) is 0 Å². The molecule has 26 heavy (non-hydrogen) atoms. The zero-order valence-electron chi connectivity index (χ0n) is 14.1. The van der Waals surface area contributed by atoms with Gasteiger partial charge in [0, 0.05) is 24.7 Å². The molecular formula is C18H15F3N4O. The zero-order chi connectivity index (χ0) is 18.6. The molecule has 0 atom stereocenters. The lowest BCUT2D eigenvalue weighted by atomic mass is 10.0. The van der Waals surface area contributed by atoms with Crippen LogP contribution in [0, 0.1) is 0 Å². The van der Waals surface area contributed by atoms with E-state index in [-0.39, 0.29) is 18.0 Å². The summed E-state index contributed by atoms with van der Waals surface area (Å²) in [4.78, 5) is 17.6. The number of rotatable bonds is 2. The third-order valence-corrected chi connectivity index (χ3v) is 4.59. The Morgan fingerprint density at radius 2 is 1.96 bits per heavy atom. The first-order chi connectivity index (χ1) is 12.3. The number of hydrogen-bond donors (Lipinski definition) is 0. The fourth-order valence-corrected chi connectivity index (χ4v) is 3.27. The van der Waals surface area contributed by atoms with Gasteiger partial charge in [-0.2, -0.15) is 18.3 Å². The molecule has 3 heterocycles. The van der Waals surface area contributed by atoms with Gasteiger partial charge in [0.1, 0.15) is 0 Å². The Morgan fingerprint density at radius 1 is 1.19 bits per heavy atom. The van der Waals surface area contributed by atoms with Crippen molar-refractivity contribution in [2.24, 2.45) is 0 Å². The van der Waals surface area contributed by atoms with E-state index >= 15 is 0 Å². The number of alkyl halides is 3. The third kappa shape index (κ3) is 2.44. The first kappa shape index (κ1) is 16.6. The minimum Gasteiger partial charge on any atom is -0.315 e. The molecule has 0 unspecified atom stereocenters. The highest BCUT2D eigenvalue weighted by molar-refractivity contribution is 6.01. The van der Waals surface area contributed by atoms with Gasteiger partial charge in [0.2, 0.25) is 5.91 Å². The molecule has 5 nitrogen and oxygen atoms in total. The summed E-state index contributed by atoms with van der Waals surface area (Å²) >= 11 is 0. The number of carbonyl (C=O) groups excluding carboxylic acids is 1. The van der Waals surface area contributed by atoms with Gasteiger partial charge in [0.05, 0.1) is 17.7 Å². The summed E-state index contributed by atoms with van der Waals surface area (Å²) < 4.78 is 42.1. The van der Waals surface area contributed by atoms with Crippen molar-refractivity contribution in [3.05, 3.63) is 47.3 Å². The summed E-state index contributed by atoms with van der Waals surface area (Å²) in [5.41, 5.74) is 1.29. The first-order valence-electron chi connectivity index (χ1n) is 8.15. The maximum Gasteiger partial charge on any atom is 0.418 e. The summed E-state index contributed by atoms with van der Waals surface area (Å²) in [6, 6.07) is 7.25. The Kier molecular flexibility index (Phi) is 3.54. The van der Waals surface area contributed by atoms with Crippen LogP contribution in [0.15, 0.2) is 30.3 Å². The SMILES string of the molecule is CCc1nc2ccc(C(F)(F)F)c(-c3ccc4c(c3)CC(=O)N4C)n2n1. The van der Waals surface area contributed by atoms with Crippen molar-refractivity contribution in [1.82, 2.24) is 14.6 Å². The number of anilines is 1. The van der Waals surface area contributed by atoms with Gasteiger partial charge >= 0.3 is 6.18 Å². The summed E-state index contributed by atoms with van der Waals surface area (Å²) in [6.07, 6.45) is -3.84. The van der Waals surface area contributed by atoms with Crippen LogP contribution in [0.2, 0.25) is 0 Å². The van der Waals surface area contributed by atoms with E-state index in [1.165, 1.54) is 15.5 Å². The molecule has 4 rings (SSSR count). The van der Waals surface area contributed by atoms with E-state index in [1.807, 2.05) is 6.92 Å². The van der Waals surface area contributed by atoms with Gasteiger partial charge in [-0.3, -0.25) is 4.79 Å². The number of carbonyl (C=O) groups is 1. The molecule has 0 N–H and O–H groups in total. The topological polar surface area (TPSA) is 50.5 Å². The minimum atomic E-state index is -4.53. The highest BCUT2D eigenvalue weighted by atomic mass is 19.4. The second kappa shape index (κ2) is 5.55. The van der Waals surface area contributed by atoms with Crippen molar-refractivity contribution in [3.63, 3.8) is 0 Å². The Labute approximate surface area is 147 Å². The van der Waals surface area contributed by atoms with Gasteiger partial charge in [-0.05, 0) is 29.8 Å². The second-order valence-corrected chi connectivity index (χ2v) is 6.22. The number of fused-ring (bicyclic) bond motifs is 2. The van der Waals surface area contributed by atoms with Crippen molar-refractivity contribution >= 4 is 17.2 Å². The molecule has 1 amide bonds. The van der Waals surface area contributed by atoms with Crippen molar-refractivity contribution in [2.45, 2.75) is 25.9 Å². The molecule has 0 aliphatic carbocycles. The largest absolute Gasteiger partial charge is 0.418 e. The molecule has 0 saturated carbocycles. The van der Waals surface area contributed by atoms with Gasteiger partial charge in [-0.25, -0.2) is 9.50 Å². The van der Waals surface area contributed by atoms with Crippen LogP contribution in [0.5, 0.6) is 0 Å². The maximum absolute atomic E-state index is 13.6. The molecular weight excluding hydrogens is 345 g/mol. The van der Waals surface area contributed by atoms with Crippen LogP contribution in [0.25, 0.3) is 16.9 Å². The van der Waals surface area contributed by atoms with Crippen LogP contribution in [-0.4, -0.2) is 27.6 Å². The predicted molar refractivity (Wildman–Crippen MR) is 89.9 cm³/mol. The van der Waals surface area contributed by atoms with Crippen LogP contribution >= 0.6 is 0 Å². The number of likely N-dealkylation sites (N-methyl/N-ethyl adjacent to an activating group) is 1. The molecule has 1 aromatic carbocycles. The van der Waals surface area contributed by atoms with E-state index in [1.54, 1.807) is 25.2 Å². The average Bonchev–Trinajstić information content (AvgIpc) is 3.13. The molecule has 0 bridgehead atoms. The molecule has 2 aromatic heterocycles. The summed E-state index contributed by atoms with van der Waals surface area (Å²) in [6.45, 7) is 1.84. The first-order valence-corrected chi connectivity index (χ1v) is 8.15. The number of amides is 1. The normalized spacial score (nSPS) is 14.3. The van der Waals surface area contributed by atoms with Crippen LogP contribution in [0.4, 0.5) is 18.9 Å². The number of halogens is 3. The zero-order valence-corrected chi connectivity index (χ0v) is 14.1. The van der Waals surface area contributed by atoms with Crippen LogP contribution < -0.4 is 4.90 Å². The highest BCUT2D eigenvalue weighted by Gasteiger charge is 2.36. The van der Waals surface area contributed by atoms with Crippen molar-refractivity contribution in [2.75, 3.05) is 11.9 Å². The van der Waals surface area contributed by atoms with Crippen LogP contribution in [0.1, 0.15) is 23.9 Å². The van der Waals surface area contributed by atoms with Crippen LogP contribution in [-0.2, 0) is 23.8 Å². The second-order valence-electron chi connectivity index (χ2n) is 6.22. The molecule has 134 valence electrons. The fraction of sp³-hybridized carbons (Fsp3) is 0.278. The monoisotopic (exact) mass is 360 g/mol. The lowest BCUT2D eigenvalue weighted by Gasteiger charge is -2.15. The van der Waals surface area contributed by atoms with Crippen molar-refractivity contribution in [1.29, 1.82) is 0 Å². The summed E-state index contributed by atoms with van der Waals surface area (Å²) in [7, 11) is 1.65. The molecule has 3 aromatic rings. The smallest absolute Gasteiger partial charge is 0.315 e. The average molecular weight is 360 g/mol. The molecule has 0 spiro atoms. The van der Waals surface area contributed by atoms with Gasteiger partial charge in [0.15, 0.2) is 11.5 Å². The van der Waals surface area contributed by atoms with Crippen molar-refractivity contribution < 1.29 is 18.0 Å². The Balaban J connectivity index is 1.99. The number of nitrogens with zero attached hydrogens (tertiary/aromatic N) is 4. The molecule has 8 heteroatoms. The van der Waals surface area contributed by atoms with Gasteiger partial charge < -0.3 is 4.90 Å². The number of hydrogen-bond acceptors (Lipinski definition) is 3. The summed E-state index contributed by atoms with van der Waals surface area (Å²) in [5.74, 6) is 0.391. The third-order valence-electron chi connectivity index (χ3n) is 4.59. The Hall–Kier alpha value is -2.90. The molecule has 0 saturated heterocycles. The quantitative estimate of drug-likeness (QED) is 0.703. The number of aromatic nitrogens is 3. The standard InChI is InChI=1S/C18H15F3N4O/c1-3-14-22-15-7-5-12(18(19,20)21)17(25(15)23-14)10-4-6-13-11(8-10)9-16(26)24(13)2/h4-8H,3,9H2,1-2H3. The highest BCUT2D eigenvalue weighted by Crippen LogP contribution is 2.39. The van der Waals surface area contributed by atoms with Crippen molar-refractivity contribution in [3.8, 4) is 11.3 Å². The molecule has 1 aliphatic rings. The maximum atomic E-state index is 13.6. The molecule has 0 radical (unpaired) electrons. The minimum absolute atomic E-state index is 0.0630. The lowest BCUT2D eigenvalue weighted by Crippen LogP contribution is -2.20. The van der Waals surface area contributed by atoms with Gasteiger partial charge in [-0.1, -0.05) is 13.0 Å². The lowest BCUT2D eigenvalue weighted by molar-refractivity contribution is -0.137. The van der Waals surface area contributed by atoms with Gasteiger partial charge in [-0.15, -0.1) is 0 Å². The van der Waals surface area contributed by atoms with E-state index in [0.29, 0.717) is 34.7 Å². The van der Waals surface area contributed by atoms with E-state index < -0.39 is 11.7 Å². The predicted octanol–water partition coefficient (Wildman–Crippen LogP) is 3.50. The number of aryl methyl sites for hydroxylation is 1. The number of pyridine rings is 1. The molecule has 0 fully saturated rings. The van der Waals surface area contributed by atoms with E-state index in [9.17, 15) is 18.0 Å². The molecule has 1 aliphatic heterocycles. The summed E-state index contributed by atoms with van der Waals surface area (Å²) in [5, 5.41) is 4.23. The van der Waals surface area contributed by atoms with E-state index in [4.69, 9.17) is 0 Å². The number of benzene rings is 1. The fourth-order valence-electron chi connectivity index (χ4n) is 3.27. The van der Waals surface area contributed by atoms with E-state index in [0.717, 1.165) is 6.07 Å². The van der Waals surface area contributed by atoms with Crippen LogP contribution in [0.3, 0.4) is 0 Å². The van der Waals surface area contributed by atoms with E-state index in [2.05, 4.69) is 10.1 Å². The Morgan fingerprint density at radius 3 is 2.65 bits per heavy atom. The Bertz CT molecular complexity index is 1040.